The quantitative estimate of drug-likeness (QED) is 0.791. The molecule has 0 saturated carbocycles. The lowest BCUT2D eigenvalue weighted by Gasteiger charge is -2.12. The van der Waals surface area contributed by atoms with Crippen molar-refractivity contribution in [1.29, 1.82) is 0 Å². The lowest BCUT2D eigenvalue weighted by atomic mass is 10.1. The van der Waals surface area contributed by atoms with Gasteiger partial charge in [-0.05, 0) is 41.6 Å². The average Bonchev–Trinajstić information content (AvgIpc) is 3.17. The molecule has 0 saturated heterocycles. The smallest absolute Gasteiger partial charge is 0.319 e. The molecule has 1 aromatic heterocycles. The Morgan fingerprint density at radius 1 is 1.32 bits per heavy atom. The highest BCUT2D eigenvalue weighted by molar-refractivity contribution is 7.14. The van der Waals surface area contributed by atoms with Gasteiger partial charge in [0.25, 0.3) is 0 Å². The Labute approximate surface area is 131 Å². The molecular formula is C15H16N2O4S. The maximum absolute atomic E-state index is 11.6. The lowest BCUT2D eigenvalue weighted by Crippen LogP contribution is -2.30. The first kappa shape index (κ1) is 14.7. The van der Waals surface area contributed by atoms with Gasteiger partial charge in [0.15, 0.2) is 11.5 Å². The van der Waals surface area contributed by atoms with Gasteiger partial charge < -0.3 is 19.9 Å². The molecule has 1 aliphatic heterocycles. The van der Waals surface area contributed by atoms with E-state index in [-0.39, 0.29) is 12.8 Å². The number of benzene rings is 1. The summed E-state index contributed by atoms with van der Waals surface area (Å²) in [5.41, 5.74) is 0.740. The number of carbonyl (C=O) groups is 1. The zero-order valence-electron chi connectivity index (χ0n) is 11.7. The van der Waals surface area contributed by atoms with Crippen LogP contribution < -0.4 is 20.1 Å². The van der Waals surface area contributed by atoms with E-state index in [9.17, 15) is 9.90 Å². The number of thiophene rings is 1. The summed E-state index contributed by atoms with van der Waals surface area (Å²) in [6, 6.07) is 8.75. The van der Waals surface area contributed by atoms with Crippen molar-refractivity contribution in [2.24, 2.45) is 0 Å². The first-order chi connectivity index (χ1) is 10.7. The summed E-state index contributed by atoms with van der Waals surface area (Å²) >= 11 is 1.45. The molecule has 1 atom stereocenters. The Hall–Kier alpha value is -2.25. The Balaban J connectivity index is 1.46. The summed E-state index contributed by atoms with van der Waals surface area (Å²) in [6.45, 7) is 0.576. The molecule has 0 fully saturated rings. The van der Waals surface area contributed by atoms with Crippen molar-refractivity contribution < 1.29 is 19.4 Å². The molecule has 22 heavy (non-hydrogen) atoms. The van der Waals surface area contributed by atoms with Gasteiger partial charge in [-0.3, -0.25) is 5.32 Å². The van der Waals surface area contributed by atoms with Crippen molar-refractivity contribution in [1.82, 2.24) is 5.32 Å². The molecule has 0 spiro atoms. The molecule has 0 bridgehead atoms. The predicted molar refractivity (Wildman–Crippen MR) is 83.5 cm³/mol. The summed E-state index contributed by atoms with van der Waals surface area (Å²) in [6.07, 6.45) is -0.256. The standard InChI is InChI=1S/C15H16N2O4S/c18-11(10-3-4-12-13(8-10)21-9-20-12)5-6-16-15(19)17-14-2-1-7-22-14/h1-4,7-8,11,18H,5-6,9H2,(H2,16,17,19)/t11-/m1/s1. The maximum Gasteiger partial charge on any atom is 0.319 e. The second-order valence-corrected chi connectivity index (χ2v) is 5.72. The molecule has 7 heteroatoms. The number of fused-ring (bicyclic) bond motifs is 1. The van der Waals surface area contributed by atoms with Gasteiger partial charge in [-0.25, -0.2) is 4.79 Å². The number of anilines is 1. The van der Waals surface area contributed by atoms with Gasteiger partial charge >= 0.3 is 6.03 Å². The molecule has 2 amide bonds. The lowest BCUT2D eigenvalue weighted by molar-refractivity contribution is 0.165. The summed E-state index contributed by atoms with van der Waals surface area (Å²) in [4.78, 5) is 11.6. The van der Waals surface area contributed by atoms with E-state index in [0.29, 0.717) is 24.5 Å². The van der Waals surface area contributed by atoms with E-state index in [1.54, 1.807) is 18.2 Å². The number of hydrogen-bond acceptors (Lipinski definition) is 5. The minimum atomic E-state index is -0.670. The normalized spacial score (nSPS) is 13.7. The third-order valence-electron chi connectivity index (χ3n) is 3.24. The first-order valence-corrected chi connectivity index (χ1v) is 7.76. The van der Waals surface area contributed by atoms with Crippen molar-refractivity contribution in [3.8, 4) is 11.5 Å². The number of amides is 2. The van der Waals surface area contributed by atoms with Crippen LogP contribution in [-0.4, -0.2) is 24.5 Å². The highest BCUT2D eigenvalue weighted by Crippen LogP contribution is 2.34. The van der Waals surface area contributed by atoms with E-state index >= 15 is 0 Å². The van der Waals surface area contributed by atoms with Crippen molar-refractivity contribution in [2.75, 3.05) is 18.7 Å². The van der Waals surface area contributed by atoms with Gasteiger partial charge in [-0.1, -0.05) is 6.07 Å². The van der Waals surface area contributed by atoms with Gasteiger partial charge in [0.05, 0.1) is 11.1 Å². The SMILES string of the molecule is O=C(NCC[C@@H](O)c1ccc2c(c1)OCO2)Nc1cccs1. The van der Waals surface area contributed by atoms with Crippen LogP contribution in [0.3, 0.4) is 0 Å². The van der Waals surface area contributed by atoms with E-state index in [1.807, 2.05) is 17.5 Å². The van der Waals surface area contributed by atoms with E-state index in [2.05, 4.69) is 10.6 Å². The van der Waals surface area contributed by atoms with Crippen molar-refractivity contribution in [3.63, 3.8) is 0 Å². The van der Waals surface area contributed by atoms with Crippen LogP contribution in [0.15, 0.2) is 35.7 Å². The number of hydrogen-bond donors (Lipinski definition) is 3. The van der Waals surface area contributed by atoms with Crippen LogP contribution in [0.4, 0.5) is 9.80 Å². The van der Waals surface area contributed by atoms with E-state index in [0.717, 1.165) is 10.6 Å². The molecule has 116 valence electrons. The number of carbonyl (C=O) groups excluding carboxylic acids is 1. The Morgan fingerprint density at radius 3 is 3.00 bits per heavy atom. The molecule has 3 N–H and O–H groups in total. The summed E-state index contributed by atoms with van der Waals surface area (Å²) in [5.74, 6) is 1.32. The number of aliphatic hydroxyl groups is 1. The number of rotatable bonds is 5. The third kappa shape index (κ3) is 3.49. The van der Waals surface area contributed by atoms with Crippen molar-refractivity contribution in [2.45, 2.75) is 12.5 Å². The monoisotopic (exact) mass is 320 g/mol. The van der Waals surface area contributed by atoms with Gasteiger partial charge in [-0.2, -0.15) is 0 Å². The zero-order valence-corrected chi connectivity index (χ0v) is 12.6. The molecule has 0 aliphatic carbocycles. The molecule has 1 aromatic carbocycles. The zero-order chi connectivity index (χ0) is 15.4. The second kappa shape index (κ2) is 6.67. The van der Waals surface area contributed by atoms with Gasteiger partial charge in [-0.15, -0.1) is 11.3 Å². The van der Waals surface area contributed by atoms with Crippen molar-refractivity contribution >= 4 is 22.4 Å². The Morgan fingerprint density at radius 2 is 2.18 bits per heavy atom. The fourth-order valence-corrected chi connectivity index (χ4v) is 2.73. The summed E-state index contributed by atoms with van der Waals surface area (Å²) < 4.78 is 10.5. The number of urea groups is 1. The average molecular weight is 320 g/mol. The molecule has 1 aliphatic rings. The van der Waals surface area contributed by atoms with Crippen LogP contribution in [-0.2, 0) is 0 Å². The van der Waals surface area contributed by atoms with Crippen molar-refractivity contribution in [3.05, 3.63) is 41.3 Å². The second-order valence-electron chi connectivity index (χ2n) is 4.78. The minimum absolute atomic E-state index is 0.208. The van der Waals surface area contributed by atoms with Crippen LogP contribution in [0.5, 0.6) is 11.5 Å². The van der Waals surface area contributed by atoms with Gasteiger partial charge in [0.1, 0.15) is 0 Å². The van der Waals surface area contributed by atoms with E-state index in [4.69, 9.17) is 9.47 Å². The van der Waals surface area contributed by atoms with Crippen LogP contribution in [0.25, 0.3) is 0 Å². The molecule has 3 rings (SSSR count). The van der Waals surface area contributed by atoms with Crippen LogP contribution >= 0.6 is 11.3 Å². The summed E-state index contributed by atoms with van der Waals surface area (Å²) in [7, 11) is 0. The topological polar surface area (TPSA) is 79.8 Å². The third-order valence-corrected chi connectivity index (χ3v) is 4.03. The van der Waals surface area contributed by atoms with E-state index in [1.165, 1.54) is 11.3 Å². The first-order valence-electron chi connectivity index (χ1n) is 6.88. The molecular weight excluding hydrogens is 304 g/mol. The predicted octanol–water partition coefficient (Wildman–Crippen LogP) is 2.72. The largest absolute Gasteiger partial charge is 0.454 e. The van der Waals surface area contributed by atoms with Gasteiger partial charge in [0, 0.05) is 6.54 Å². The molecule has 0 radical (unpaired) electrons. The van der Waals surface area contributed by atoms with E-state index < -0.39 is 6.10 Å². The van der Waals surface area contributed by atoms with Gasteiger partial charge in [0.2, 0.25) is 6.79 Å². The fourth-order valence-electron chi connectivity index (χ4n) is 2.12. The highest BCUT2D eigenvalue weighted by atomic mass is 32.1. The summed E-state index contributed by atoms with van der Waals surface area (Å²) in [5, 5.41) is 18.3. The Bertz CT molecular complexity index is 645. The van der Waals surface area contributed by atoms with Crippen LogP contribution in [0.2, 0.25) is 0 Å². The highest BCUT2D eigenvalue weighted by Gasteiger charge is 2.16. The molecule has 2 aromatic rings. The molecule has 0 unspecified atom stereocenters. The minimum Gasteiger partial charge on any atom is -0.454 e. The number of nitrogens with one attached hydrogen (secondary N) is 2. The Kier molecular flexibility index (Phi) is 4.45. The maximum atomic E-state index is 11.6. The molecule has 2 heterocycles. The van der Waals surface area contributed by atoms with Crippen LogP contribution in [0.1, 0.15) is 18.1 Å². The van der Waals surface area contributed by atoms with Crippen LogP contribution in [0, 0.1) is 0 Å². The molecule has 6 nitrogen and oxygen atoms in total. The fraction of sp³-hybridized carbons (Fsp3) is 0.267. The number of ether oxygens (including phenoxy) is 2. The number of aliphatic hydroxyl groups excluding tert-OH is 1.